The highest BCUT2D eigenvalue weighted by atomic mass is 31.2. The standard InChI is InChI=1S/C11H14N5O5P/c12-9-8-10(14-4-13-9)16(5-15-8)11-7(17)3-6(21-11)1-2-22(18,19)20/h1-2,4-7,11,17H,3H2,(H2,12,13,14)(H2,18,19,20)/b2-1+. The summed E-state index contributed by atoms with van der Waals surface area (Å²) in [5.74, 6) is 0.980. The normalized spacial score (nSPS) is 26.2. The number of rotatable bonds is 3. The van der Waals surface area contributed by atoms with E-state index in [9.17, 15) is 9.67 Å². The van der Waals surface area contributed by atoms with Crippen molar-refractivity contribution in [3.05, 3.63) is 24.5 Å². The van der Waals surface area contributed by atoms with Crippen molar-refractivity contribution in [3.8, 4) is 0 Å². The molecule has 1 aliphatic rings. The first-order chi connectivity index (χ1) is 10.3. The summed E-state index contributed by atoms with van der Waals surface area (Å²) >= 11 is 0. The number of nitrogen functional groups attached to an aromatic ring is 1. The van der Waals surface area contributed by atoms with Crippen LogP contribution in [0.2, 0.25) is 0 Å². The van der Waals surface area contributed by atoms with Gasteiger partial charge in [-0.25, -0.2) is 15.0 Å². The molecule has 5 N–H and O–H groups in total. The fraction of sp³-hybridized carbons (Fsp3) is 0.364. The van der Waals surface area contributed by atoms with Gasteiger partial charge in [0.2, 0.25) is 0 Å². The molecule has 0 saturated carbocycles. The molecule has 3 rings (SSSR count). The molecule has 11 heteroatoms. The van der Waals surface area contributed by atoms with Gasteiger partial charge in [0, 0.05) is 12.2 Å². The van der Waals surface area contributed by atoms with Gasteiger partial charge in [-0.15, -0.1) is 0 Å². The Morgan fingerprint density at radius 2 is 2.18 bits per heavy atom. The van der Waals surface area contributed by atoms with E-state index in [-0.39, 0.29) is 12.2 Å². The third kappa shape index (κ3) is 2.87. The number of aliphatic hydroxyl groups is 1. The summed E-state index contributed by atoms with van der Waals surface area (Å²) in [5.41, 5.74) is 6.51. The molecule has 10 nitrogen and oxygen atoms in total. The van der Waals surface area contributed by atoms with E-state index in [1.165, 1.54) is 23.3 Å². The largest absolute Gasteiger partial charge is 0.388 e. The molecule has 0 bridgehead atoms. The van der Waals surface area contributed by atoms with Crippen molar-refractivity contribution in [1.82, 2.24) is 19.5 Å². The Morgan fingerprint density at radius 3 is 2.91 bits per heavy atom. The lowest BCUT2D eigenvalue weighted by Crippen LogP contribution is -2.19. The fourth-order valence-corrected chi connectivity index (χ4v) is 2.74. The maximum Gasteiger partial charge on any atom is 0.348 e. The predicted molar refractivity (Wildman–Crippen MR) is 75.5 cm³/mol. The maximum atomic E-state index is 10.8. The topological polar surface area (TPSA) is 157 Å². The summed E-state index contributed by atoms with van der Waals surface area (Å²) in [6.45, 7) is 0. The minimum atomic E-state index is -4.26. The van der Waals surface area contributed by atoms with Crippen LogP contribution in [0.5, 0.6) is 0 Å². The van der Waals surface area contributed by atoms with Crippen LogP contribution in [-0.4, -0.2) is 46.6 Å². The number of hydrogen-bond acceptors (Lipinski definition) is 7. The molecule has 118 valence electrons. The Bertz CT molecular complexity index is 771. The lowest BCUT2D eigenvalue weighted by Gasteiger charge is -2.16. The van der Waals surface area contributed by atoms with Crippen molar-refractivity contribution in [2.45, 2.75) is 24.9 Å². The summed E-state index contributed by atoms with van der Waals surface area (Å²) in [5, 5.41) is 10.1. The van der Waals surface area contributed by atoms with Crippen molar-refractivity contribution >= 4 is 24.6 Å². The monoisotopic (exact) mass is 327 g/mol. The average molecular weight is 327 g/mol. The van der Waals surface area contributed by atoms with Gasteiger partial charge < -0.3 is 25.4 Å². The van der Waals surface area contributed by atoms with E-state index < -0.39 is 26.0 Å². The molecule has 0 radical (unpaired) electrons. The summed E-state index contributed by atoms with van der Waals surface area (Å²) in [6, 6.07) is 0. The molecule has 1 fully saturated rings. The molecule has 2 aromatic rings. The molecule has 2 aromatic heterocycles. The highest BCUT2D eigenvalue weighted by Gasteiger charge is 2.35. The number of fused-ring (bicyclic) bond motifs is 1. The second-order valence-corrected chi connectivity index (χ2v) is 6.36. The lowest BCUT2D eigenvalue weighted by molar-refractivity contribution is -0.0227. The number of nitrogens with zero attached hydrogens (tertiary/aromatic N) is 4. The minimum Gasteiger partial charge on any atom is -0.388 e. The highest BCUT2D eigenvalue weighted by Crippen LogP contribution is 2.38. The van der Waals surface area contributed by atoms with E-state index in [2.05, 4.69) is 15.0 Å². The van der Waals surface area contributed by atoms with Gasteiger partial charge in [0.05, 0.1) is 12.4 Å². The number of ether oxygens (including phenoxy) is 1. The van der Waals surface area contributed by atoms with Gasteiger partial charge >= 0.3 is 7.60 Å². The van der Waals surface area contributed by atoms with Crippen molar-refractivity contribution in [2.75, 3.05) is 5.73 Å². The van der Waals surface area contributed by atoms with Crippen LogP contribution in [0.3, 0.4) is 0 Å². The zero-order chi connectivity index (χ0) is 15.9. The van der Waals surface area contributed by atoms with Crippen molar-refractivity contribution in [1.29, 1.82) is 0 Å². The van der Waals surface area contributed by atoms with Crippen LogP contribution in [0.25, 0.3) is 11.2 Å². The lowest BCUT2D eigenvalue weighted by atomic mass is 10.2. The molecule has 1 saturated heterocycles. The molecular weight excluding hydrogens is 313 g/mol. The van der Waals surface area contributed by atoms with Crippen LogP contribution < -0.4 is 5.73 Å². The van der Waals surface area contributed by atoms with Gasteiger partial charge in [-0.05, 0) is 6.08 Å². The quantitative estimate of drug-likeness (QED) is 0.558. The number of hydrogen-bond donors (Lipinski definition) is 4. The first-order valence-electron chi connectivity index (χ1n) is 6.36. The minimum absolute atomic E-state index is 0.196. The number of aromatic nitrogens is 4. The number of imidazole rings is 1. The molecule has 3 heterocycles. The van der Waals surface area contributed by atoms with Crippen LogP contribution in [0.15, 0.2) is 24.5 Å². The molecule has 0 amide bonds. The van der Waals surface area contributed by atoms with Crippen molar-refractivity contribution in [3.63, 3.8) is 0 Å². The Balaban J connectivity index is 1.87. The van der Waals surface area contributed by atoms with Gasteiger partial charge in [0.1, 0.15) is 17.9 Å². The van der Waals surface area contributed by atoms with Gasteiger partial charge in [0.25, 0.3) is 0 Å². The Kier molecular flexibility index (Phi) is 3.71. The predicted octanol–water partition coefficient (Wildman–Crippen LogP) is -0.252. The number of anilines is 1. The third-order valence-electron chi connectivity index (χ3n) is 3.27. The second kappa shape index (κ2) is 5.41. The van der Waals surface area contributed by atoms with Gasteiger partial charge in [0.15, 0.2) is 17.7 Å². The fourth-order valence-electron chi connectivity index (χ4n) is 2.32. The zero-order valence-corrected chi connectivity index (χ0v) is 12.1. The van der Waals surface area contributed by atoms with Gasteiger partial charge in [-0.2, -0.15) is 0 Å². The molecule has 0 aromatic carbocycles. The van der Waals surface area contributed by atoms with Crippen LogP contribution in [0.4, 0.5) is 5.82 Å². The first kappa shape index (κ1) is 15.1. The maximum absolute atomic E-state index is 10.8. The molecule has 22 heavy (non-hydrogen) atoms. The van der Waals surface area contributed by atoms with Gasteiger partial charge in [-0.3, -0.25) is 9.13 Å². The Morgan fingerprint density at radius 1 is 1.41 bits per heavy atom. The van der Waals surface area contributed by atoms with E-state index in [4.69, 9.17) is 20.3 Å². The smallest absolute Gasteiger partial charge is 0.348 e. The van der Waals surface area contributed by atoms with E-state index in [1.54, 1.807) is 0 Å². The third-order valence-corrected chi connectivity index (χ3v) is 3.83. The Hall–Kier alpha value is -1.84. The van der Waals surface area contributed by atoms with E-state index in [0.717, 1.165) is 5.82 Å². The summed E-state index contributed by atoms with van der Waals surface area (Å²) < 4.78 is 18.0. The summed E-state index contributed by atoms with van der Waals surface area (Å²) in [4.78, 5) is 29.6. The Labute approximate surface area is 124 Å². The van der Waals surface area contributed by atoms with Crippen LogP contribution in [0.1, 0.15) is 12.6 Å². The van der Waals surface area contributed by atoms with Crippen LogP contribution in [-0.2, 0) is 9.30 Å². The van der Waals surface area contributed by atoms with Crippen molar-refractivity contribution in [2.24, 2.45) is 0 Å². The van der Waals surface area contributed by atoms with Crippen LogP contribution in [0, 0.1) is 0 Å². The highest BCUT2D eigenvalue weighted by molar-refractivity contribution is 7.55. The number of aliphatic hydroxyl groups excluding tert-OH is 1. The zero-order valence-electron chi connectivity index (χ0n) is 11.2. The molecule has 3 atom stereocenters. The first-order valence-corrected chi connectivity index (χ1v) is 8.04. The SMILES string of the molecule is Nc1ncnc2c1ncn2C1OC(/C=C/P(=O)(O)O)CC1O. The summed E-state index contributed by atoms with van der Waals surface area (Å²) in [6.07, 6.45) is 1.88. The molecule has 3 unspecified atom stereocenters. The molecule has 0 spiro atoms. The second-order valence-electron chi connectivity index (χ2n) is 4.88. The van der Waals surface area contributed by atoms with E-state index in [0.29, 0.717) is 11.2 Å². The molecule has 1 aliphatic heterocycles. The van der Waals surface area contributed by atoms with E-state index >= 15 is 0 Å². The average Bonchev–Trinajstić information content (AvgIpc) is 3.00. The van der Waals surface area contributed by atoms with Crippen LogP contribution >= 0.6 is 7.60 Å². The molecular formula is C11H14N5O5P. The van der Waals surface area contributed by atoms with Crippen molar-refractivity contribution < 1.29 is 24.2 Å². The molecule has 0 aliphatic carbocycles. The van der Waals surface area contributed by atoms with E-state index in [1.807, 2.05) is 0 Å². The number of nitrogens with two attached hydrogens (primary N) is 1. The summed E-state index contributed by atoms with van der Waals surface area (Å²) in [7, 11) is -4.26. The van der Waals surface area contributed by atoms with Gasteiger partial charge in [-0.1, -0.05) is 0 Å².